The van der Waals surface area contributed by atoms with Gasteiger partial charge in [-0.1, -0.05) is 19.3 Å². The van der Waals surface area contributed by atoms with Gasteiger partial charge in [-0.15, -0.1) is 11.3 Å². The summed E-state index contributed by atoms with van der Waals surface area (Å²) < 4.78 is 3.80. The average molecular weight is 525 g/mol. The fourth-order valence-corrected chi connectivity index (χ4v) is 7.49. The number of anilines is 1. The summed E-state index contributed by atoms with van der Waals surface area (Å²) in [5.74, 6) is 0.705. The number of benzene rings is 1. The van der Waals surface area contributed by atoms with Crippen LogP contribution in [0.1, 0.15) is 93.6 Å². The van der Waals surface area contributed by atoms with Crippen LogP contribution in [0.15, 0.2) is 41.0 Å². The van der Waals surface area contributed by atoms with Crippen molar-refractivity contribution in [3.63, 3.8) is 0 Å². The third kappa shape index (κ3) is 4.19. The van der Waals surface area contributed by atoms with Crippen molar-refractivity contribution in [3.8, 4) is 11.3 Å². The Balaban J connectivity index is 1.56. The lowest BCUT2D eigenvalue weighted by molar-refractivity contribution is 0.102. The Hall–Kier alpha value is -3.25. The molecule has 1 fully saturated rings. The maximum atomic E-state index is 12.3. The van der Waals surface area contributed by atoms with Gasteiger partial charge in [0.15, 0.2) is 5.78 Å². The molecule has 38 heavy (non-hydrogen) atoms. The van der Waals surface area contributed by atoms with Gasteiger partial charge in [0.05, 0.1) is 37.7 Å². The van der Waals surface area contributed by atoms with Gasteiger partial charge < -0.3 is 9.88 Å². The van der Waals surface area contributed by atoms with Gasteiger partial charge in [0.2, 0.25) is 0 Å². The van der Waals surface area contributed by atoms with Crippen LogP contribution in [0.3, 0.4) is 0 Å². The van der Waals surface area contributed by atoms with Gasteiger partial charge in [-0.2, -0.15) is 0 Å². The normalized spacial score (nSPS) is 16.4. The number of aromatic nitrogens is 2. The molecule has 6 rings (SSSR count). The van der Waals surface area contributed by atoms with E-state index in [9.17, 15) is 4.79 Å². The van der Waals surface area contributed by atoms with Crippen LogP contribution in [-0.4, -0.2) is 27.6 Å². The van der Waals surface area contributed by atoms with E-state index in [0.717, 1.165) is 51.5 Å². The van der Waals surface area contributed by atoms with E-state index in [1.54, 1.807) is 18.3 Å². The van der Waals surface area contributed by atoms with E-state index in [-0.39, 0.29) is 5.78 Å². The molecule has 1 aliphatic carbocycles. The topological polar surface area (TPSA) is 59.3 Å². The summed E-state index contributed by atoms with van der Waals surface area (Å²) in [5, 5.41) is 4.92. The summed E-state index contributed by atoms with van der Waals surface area (Å²) in [6.07, 6.45) is 6.35. The Kier molecular flexibility index (Phi) is 6.47. The third-order valence-corrected chi connectivity index (χ3v) is 9.47. The quantitative estimate of drug-likeness (QED) is 0.214. The van der Waals surface area contributed by atoms with Crippen LogP contribution in [0.2, 0.25) is 0 Å². The van der Waals surface area contributed by atoms with E-state index < -0.39 is 0 Å². The van der Waals surface area contributed by atoms with E-state index in [1.165, 1.54) is 64.8 Å². The van der Waals surface area contributed by atoms with Gasteiger partial charge in [0, 0.05) is 35.4 Å². The number of pyridine rings is 1. The molecule has 3 aromatic heterocycles. The third-order valence-electron chi connectivity index (χ3n) is 8.22. The van der Waals surface area contributed by atoms with Crippen molar-refractivity contribution in [2.75, 3.05) is 11.9 Å². The molecule has 1 saturated carbocycles. The molecule has 1 aromatic carbocycles. The zero-order valence-corrected chi connectivity index (χ0v) is 23.9. The molecule has 0 radical (unpaired) electrons. The summed E-state index contributed by atoms with van der Waals surface area (Å²) in [6, 6.07) is 10.9. The Labute approximate surface area is 228 Å². The smallest absolute Gasteiger partial charge is 0.169 e. The number of rotatable bonds is 4. The number of ketones is 1. The standard InChI is InChI=1S/C32H36N4OS/c1-18(2)34-20(4)19(3)25-13-11-23-26(35-25)14-12-24-30(23)33-15-16-36-27-17-28(21(5)37)38-32(27)29(31(24)36)22-9-7-6-8-10-22/h11-14,17,22,33H,6-10,15-16H2,1-5H3/b20-19+. The second-order valence-electron chi connectivity index (χ2n) is 11.1. The molecule has 2 aliphatic rings. The average Bonchev–Trinajstić information content (AvgIpc) is 3.40. The molecule has 4 aromatic rings. The first-order valence-electron chi connectivity index (χ1n) is 13.9. The van der Waals surface area contributed by atoms with Crippen LogP contribution >= 0.6 is 11.3 Å². The minimum Gasteiger partial charge on any atom is -0.382 e. The van der Waals surface area contributed by atoms with Crippen LogP contribution in [0.25, 0.3) is 38.0 Å². The van der Waals surface area contributed by atoms with Gasteiger partial charge in [-0.3, -0.25) is 9.79 Å². The first kappa shape index (κ1) is 25.1. The molecule has 0 spiro atoms. The Bertz CT molecular complexity index is 1640. The van der Waals surface area contributed by atoms with Crippen molar-refractivity contribution < 1.29 is 4.79 Å². The first-order valence-corrected chi connectivity index (χ1v) is 14.7. The van der Waals surface area contributed by atoms with E-state index in [1.807, 2.05) is 13.8 Å². The minimum absolute atomic E-state index is 0.162. The number of hydrogen-bond donors (Lipinski definition) is 1. The maximum Gasteiger partial charge on any atom is 0.169 e. The van der Waals surface area contributed by atoms with Gasteiger partial charge in [0.25, 0.3) is 0 Å². The predicted molar refractivity (Wildman–Crippen MR) is 162 cm³/mol. The van der Waals surface area contributed by atoms with Crippen molar-refractivity contribution in [3.05, 3.63) is 52.2 Å². The highest BCUT2D eigenvalue weighted by molar-refractivity contribution is 7.21. The number of carbonyl (C=O) groups is 1. The molecular weight excluding hydrogens is 488 g/mol. The van der Waals surface area contributed by atoms with Crippen molar-refractivity contribution >= 4 is 55.2 Å². The van der Waals surface area contributed by atoms with E-state index in [2.05, 4.69) is 59.1 Å². The number of allylic oxidation sites excluding steroid dienone is 2. The Morgan fingerprint density at radius 1 is 1.05 bits per heavy atom. The van der Waals surface area contributed by atoms with Crippen LogP contribution in [0, 0.1) is 0 Å². The number of Topliss-reactive ketones (excluding diaryl/α,β-unsaturated/α-hetero) is 1. The molecule has 0 saturated heterocycles. The highest BCUT2D eigenvalue weighted by atomic mass is 32.1. The van der Waals surface area contributed by atoms with Gasteiger partial charge >= 0.3 is 0 Å². The molecule has 0 amide bonds. The van der Waals surface area contributed by atoms with Crippen LogP contribution < -0.4 is 5.32 Å². The molecule has 1 aliphatic heterocycles. The number of carbonyl (C=O) groups excluding carboxylic acids is 1. The van der Waals surface area contributed by atoms with Crippen molar-refractivity contribution in [2.24, 2.45) is 4.99 Å². The molecule has 0 unspecified atom stereocenters. The SMILES string of the molecule is CC(=O)c1cc2c(s1)c(C1CCCCC1)c1n2CCNc2c-1ccc1nc(/C(C)=C(\C)N=C(C)C)ccc21. The lowest BCUT2D eigenvalue weighted by Crippen LogP contribution is -2.08. The summed E-state index contributed by atoms with van der Waals surface area (Å²) in [5.41, 5.74) is 11.6. The zero-order valence-electron chi connectivity index (χ0n) is 23.1. The number of thiophene rings is 1. The van der Waals surface area contributed by atoms with Crippen molar-refractivity contribution in [1.82, 2.24) is 9.55 Å². The number of nitrogens with one attached hydrogen (secondary N) is 1. The molecule has 5 nitrogen and oxygen atoms in total. The molecular formula is C32H36N4OS. The van der Waals surface area contributed by atoms with Crippen LogP contribution in [0.5, 0.6) is 0 Å². The molecule has 0 bridgehead atoms. The summed E-state index contributed by atoms with van der Waals surface area (Å²) in [4.78, 5) is 22.9. The molecule has 4 heterocycles. The number of fused-ring (bicyclic) bond motifs is 7. The zero-order chi connectivity index (χ0) is 26.6. The molecule has 0 atom stereocenters. The van der Waals surface area contributed by atoms with Gasteiger partial charge in [-0.05, 0) is 94.8 Å². The van der Waals surface area contributed by atoms with E-state index >= 15 is 0 Å². The highest BCUT2D eigenvalue weighted by Crippen LogP contribution is 2.49. The number of nitrogens with zero attached hydrogens (tertiary/aromatic N) is 3. The largest absolute Gasteiger partial charge is 0.382 e. The number of aliphatic imine (C=N–C) groups is 1. The highest BCUT2D eigenvalue weighted by Gasteiger charge is 2.31. The fraction of sp³-hybridized carbons (Fsp3) is 0.406. The molecule has 196 valence electrons. The fourth-order valence-electron chi connectivity index (χ4n) is 6.31. The van der Waals surface area contributed by atoms with E-state index in [0.29, 0.717) is 5.92 Å². The Morgan fingerprint density at radius 3 is 2.58 bits per heavy atom. The second kappa shape index (κ2) is 9.81. The van der Waals surface area contributed by atoms with Gasteiger partial charge in [0.1, 0.15) is 0 Å². The van der Waals surface area contributed by atoms with Crippen LogP contribution in [0.4, 0.5) is 5.69 Å². The summed E-state index contributed by atoms with van der Waals surface area (Å²) in [6.45, 7) is 11.6. The van der Waals surface area contributed by atoms with Crippen LogP contribution in [-0.2, 0) is 6.54 Å². The minimum atomic E-state index is 0.162. The molecule has 1 N–H and O–H groups in total. The summed E-state index contributed by atoms with van der Waals surface area (Å²) in [7, 11) is 0. The monoisotopic (exact) mass is 524 g/mol. The van der Waals surface area contributed by atoms with Crippen molar-refractivity contribution in [2.45, 2.75) is 79.2 Å². The van der Waals surface area contributed by atoms with Gasteiger partial charge in [-0.25, -0.2) is 4.98 Å². The molecule has 6 heteroatoms. The summed E-state index contributed by atoms with van der Waals surface area (Å²) >= 11 is 1.70. The maximum absolute atomic E-state index is 12.3. The number of hydrogen-bond acceptors (Lipinski definition) is 5. The van der Waals surface area contributed by atoms with E-state index in [4.69, 9.17) is 4.98 Å². The second-order valence-corrected chi connectivity index (χ2v) is 12.1. The first-order chi connectivity index (χ1) is 18.3. The predicted octanol–water partition coefficient (Wildman–Crippen LogP) is 8.83. The lowest BCUT2D eigenvalue weighted by atomic mass is 9.83. The lowest BCUT2D eigenvalue weighted by Gasteiger charge is -2.23. The Morgan fingerprint density at radius 2 is 1.84 bits per heavy atom. The van der Waals surface area contributed by atoms with Crippen molar-refractivity contribution in [1.29, 1.82) is 0 Å².